The summed E-state index contributed by atoms with van der Waals surface area (Å²) in [5.74, 6) is -1.25. The van der Waals surface area contributed by atoms with Crippen LogP contribution < -0.4 is 0 Å². The van der Waals surface area contributed by atoms with Crippen molar-refractivity contribution in [2.45, 2.75) is 6.54 Å². The molecule has 1 amide bonds. The second-order valence-corrected chi connectivity index (χ2v) is 9.90. The smallest absolute Gasteiger partial charge is 0.254 e. The van der Waals surface area contributed by atoms with Gasteiger partial charge in [-0.2, -0.15) is 0 Å². The van der Waals surface area contributed by atoms with Gasteiger partial charge >= 0.3 is 0 Å². The average molecular weight is 544 g/mol. The topological polar surface area (TPSA) is 53.7 Å². The monoisotopic (exact) mass is 543 g/mol. The minimum absolute atomic E-state index is 0.00902. The van der Waals surface area contributed by atoms with E-state index < -0.39 is 11.6 Å². The molecule has 6 nitrogen and oxygen atoms in total. The lowest BCUT2D eigenvalue weighted by molar-refractivity contribution is 0.0626. The summed E-state index contributed by atoms with van der Waals surface area (Å²) in [5, 5.41) is 0.622. The Morgan fingerprint density at radius 3 is 2.21 bits per heavy atom. The lowest BCUT2D eigenvalue weighted by Gasteiger charge is -2.34. The molecule has 6 rings (SSSR count). The van der Waals surface area contributed by atoms with E-state index in [0.29, 0.717) is 54.5 Å². The van der Waals surface area contributed by atoms with Gasteiger partial charge in [0.2, 0.25) is 0 Å². The molecule has 0 saturated carbocycles. The molecule has 0 bridgehead atoms. The number of rotatable bonds is 5. The maximum absolute atomic E-state index is 14.6. The van der Waals surface area contributed by atoms with Crippen molar-refractivity contribution in [3.05, 3.63) is 113 Å². The van der Waals surface area contributed by atoms with E-state index in [4.69, 9.17) is 16.6 Å². The van der Waals surface area contributed by atoms with Gasteiger partial charge in [-0.15, -0.1) is 0 Å². The molecule has 0 atom stereocenters. The molecule has 196 valence electrons. The van der Waals surface area contributed by atoms with Gasteiger partial charge in [0, 0.05) is 73.0 Å². The van der Waals surface area contributed by atoms with Crippen molar-refractivity contribution in [1.82, 2.24) is 24.2 Å². The van der Waals surface area contributed by atoms with Crippen LogP contribution in [0, 0.1) is 11.6 Å². The van der Waals surface area contributed by atoms with Crippen molar-refractivity contribution in [2.75, 3.05) is 26.2 Å². The molecule has 1 aliphatic heterocycles. The highest BCUT2D eigenvalue weighted by atomic mass is 35.5. The summed E-state index contributed by atoms with van der Waals surface area (Å²) in [6.07, 6.45) is 4.98. The van der Waals surface area contributed by atoms with E-state index in [1.807, 2.05) is 33.6 Å². The van der Waals surface area contributed by atoms with Gasteiger partial charge in [-0.05, 0) is 48.5 Å². The van der Waals surface area contributed by atoms with Crippen molar-refractivity contribution in [2.24, 2.45) is 0 Å². The first-order valence-electron chi connectivity index (χ1n) is 12.6. The molecule has 4 heterocycles. The van der Waals surface area contributed by atoms with E-state index >= 15 is 0 Å². The average Bonchev–Trinajstić information content (AvgIpc) is 3.31. The molecule has 1 aliphatic rings. The molecular weight excluding hydrogens is 520 g/mol. The van der Waals surface area contributed by atoms with E-state index in [2.05, 4.69) is 9.88 Å². The minimum atomic E-state index is -0.621. The maximum Gasteiger partial charge on any atom is 0.254 e. The molecular formula is C30H24ClF2N5O. The van der Waals surface area contributed by atoms with E-state index in [0.717, 1.165) is 17.0 Å². The third-order valence-corrected chi connectivity index (χ3v) is 7.30. The SMILES string of the molecule is O=C(c1ccncc1)N1CCN(Cc2c(-c3ccc(Cl)cc3)nc3ccc(-c4c(F)cccc4F)cn23)CC1. The molecule has 0 N–H and O–H groups in total. The molecule has 1 fully saturated rings. The van der Waals surface area contributed by atoms with Crippen LogP contribution in [0.25, 0.3) is 28.0 Å². The van der Waals surface area contributed by atoms with Gasteiger partial charge in [-0.3, -0.25) is 14.7 Å². The number of carbonyl (C=O) groups is 1. The number of amides is 1. The van der Waals surface area contributed by atoms with Crippen molar-refractivity contribution in [1.29, 1.82) is 0 Å². The summed E-state index contributed by atoms with van der Waals surface area (Å²) in [6.45, 7) is 3.05. The van der Waals surface area contributed by atoms with Crippen LogP contribution in [0.4, 0.5) is 8.78 Å². The fourth-order valence-corrected chi connectivity index (χ4v) is 5.13. The zero-order valence-electron chi connectivity index (χ0n) is 20.9. The number of aromatic nitrogens is 3. The van der Waals surface area contributed by atoms with Crippen LogP contribution in [0.1, 0.15) is 16.1 Å². The van der Waals surface area contributed by atoms with Crippen LogP contribution in [0.3, 0.4) is 0 Å². The largest absolute Gasteiger partial charge is 0.336 e. The molecule has 3 aromatic heterocycles. The Balaban J connectivity index is 1.34. The Morgan fingerprint density at radius 1 is 0.846 bits per heavy atom. The number of carbonyl (C=O) groups excluding carboxylic acids is 1. The standard InChI is InChI=1S/C30H24ClF2N5O/c31-23-7-4-20(5-8-23)29-26(19-36-14-16-37(17-15-36)30(39)21-10-12-34-13-11-21)38-18-22(6-9-27(38)35-29)28-24(32)2-1-3-25(28)33/h1-13,18H,14-17,19H2. The number of piperazine rings is 1. The highest BCUT2D eigenvalue weighted by Crippen LogP contribution is 2.31. The van der Waals surface area contributed by atoms with Gasteiger partial charge < -0.3 is 9.30 Å². The van der Waals surface area contributed by atoms with E-state index in [1.165, 1.54) is 18.2 Å². The first-order valence-corrected chi connectivity index (χ1v) is 13.0. The Morgan fingerprint density at radius 2 is 1.51 bits per heavy atom. The molecule has 2 aromatic carbocycles. The Kier molecular flexibility index (Phi) is 6.81. The molecule has 5 aromatic rings. The fourth-order valence-electron chi connectivity index (χ4n) is 5.00. The van der Waals surface area contributed by atoms with Gasteiger partial charge in [0.25, 0.3) is 5.91 Å². The third-order valence-electron chi connectivity index (χ3n) is 7.05. The normalized spacial score (nSPS) is 14.2. The number of imidazole rings is 1. The van der Waals surface area contributed by atoms with Gasteiger partial charge in [-0.25, -0.2) is 13.8 Å². The molecule has 0 radical (unpaired) electrons. The van der Waals surface area contributed by atoms with Crippen LogP contribution in [0.15, 0.2) is 85.3 Å². The van der Waals surface area contributed by atoms with Crippen molar-refractivity contribution in [3.63, 3.8) is 0 Å². The number of nitrogens with zero attached hydrogens (tertiary/aromatic N) is 5. The van der Waals surface area contributed by atoms with Crippen molar-refractivity contribution in [3.8, 4) is 22.4 Å². The van der Waals surface area contributed by atoms with Crippen molar-refractivity contribution < 1.29 is 13.6 Å². The van der Waals surface area contributed by atoms with Gasteiger partial charge in [0.1, 0.15) is 17.3 Å². The maximum atomic E-state index is 14.6. The van der Waals surface area contributed by atoms with Crippen LogP contribution in [0.2, 0.25) is 5.02 Å². The van der Waals surface area contributed by atoms with Crippen LogP contribution >= 0.6 is 11.6 Å². The lowest BCUT2D eigenvalue weighted by Crippen LogP contribution is -2.48. The fraction of sp³-hybridized carbons (Fsp3) is 0.167. The number of hydrogen-bond donors (Lipinski definition) is 0. The van der Waals surface area contributed by atoms with Crippen LogP contribution in [-0.2, 0) is 6.54 Å². The third kappa shape index (κ3) is 5.01. The molecule has 9 heteroatoms. The summed E-state index contributed by atoms with van der Waals surface area (Å²) in [4.78, 5) is 25.9. The Labute approximate surface area is 229 Å². The van der Waals surface area contributed by atoms with E-state index in [9.17, 15) is 13.6 Å². The summed E-state index contributed by atoms with van der Waals surface area (Å²) >= 11 is 6.13. The van der Waals surface area contributed by atoms with Gasteiger partial charge in [0.05, 0.1) is 17.0 Å². The minimum Gasteiger partial charge on any atom is -0.336 e. The summed E-state index contributed by atoms with van der Waals surface area (Å²) in [5.41, 5.74) is 4.19. The second kappa shape index (κ2) is 10.6. The zero-order valence-corrected chi connectivity index (χ0v) is 21.7. The number of halogens is 3. The van der Waals surface area contributed by atoms with E-state index in [-0.39, 0.29) is 11.5 Å². The van der Waals surface area contributed by atoms with Gasteiger partial charge in [0.15, 0.2) is 0 Å². The number of pyridine rings is 2. The molecule has 0 spiro atoms. The zero-order chi connectivity index (χ0) is 26.9. The number of benzene rings is 2. The predicted molar refractivity (Wildman–Crippen MR) is 146 cm³/mol. The highest BCUT2D eigenvalue weighted by molar-refractivity contribution is 6.30. The number of fused-ring (bicyclic) bond motifs is 1. The summed E-state index contributed by atoms with van der Waals surface area (Å²) < 4.78 is 31.1. The van der Waals surface area contributed by atoms with Crippen molar-refractivity contribution >= 4 is 23.2 Å². The molecule has 1 saturated heterocycles. The first-order chi connectivity index (χ1) is 19.0. The highest BCUT2D eigenvalue weighted by Gasteiger charge is 2.25. The van der Waals surface area contributed by atoms with E-state index in [1.54, 1.807) is 42.9 Å². The second-order valence-electron chi connectivity index (χ2n) is 9.46. The molecule has 0 aliphatic carbocycles. The molecule has 39 heavy (non-hydrogen) atoms. The predicted octanol–water partition coefficient (Wildman–Crippen LogP) is 5.95. The number of hydrogen-bond acceptors (Lipinski definition) is 4. The lowest BCUT2D eigenvalue weighted by atomic mass is 10.1. The Hall–Kier alpha value is -4.14. The van der Waals surface area contributed by atoms with Gasteiger partial charge in [-0.1, -0.05) is 29.8 Å². The molecule has 0 unspecified atom stereocenters. The summed E-state index contributed by atoms with van der Waals surface area (Å²) in [7, 11) is 0. The quantitative estimate of drug-likeness (QED) is 0.275. The Bertz CT molecular complexity index is 1630. The van der Waals surface area contributed by atoms with Crippen LogP contribution in [0.5, 0.6) is 0 Å². The first kappa shape index (κ1) is 25.2. The van der Waals surface area contributed by atoms with Crippen LogP contribution in [-0.4, -0.2) is 56.3 Å². The summed E-state index contributed by atoms with van der Waals surface area (Å²) in [6, 6.07) is 18.2.